The molecule has 0 atom stereocenters. The van der Waals surface area contributed by atoms with Gasteiger partial charge in [0.05, 0.1) is 6.61 Å². The Morgan fingerprint density at radius 2 is 1.71 bits per heavy atom. The van der Waals surface area contributed by atoms with E-state index in [1.165, 1.54) is 5.56 Å². The van der Waals surface area contributed by atoms with Crippen LogP contribution in [0.5, 0.6) is 0 Å². The number of hydrogen-bond donors (Lipinski definition) is 0. The molecule has 1 radical (unpaired) electrons. The molecule has 1 aromatic rings. The Hall–Kier alpha value is -0.860. The Balaban J connectivity index is 1.99. The van der Waals surface area contributed by atoms with Crippen molar-refractivity contribution in [2.24, 2.45) is 0 Å². The van der Waals surface area contributed by atoms with Crippen molar-refractivity contribution < 1.29 is 9.84 Å². The zero-order chi connectivity index (χ0) is 10.1. The number of hydrogen-bond acceptors (Lipinski definition) is 1. The summed E-state index contributed by atoms with van der Waals surface area (Å²) in [5.41, 5.74) is 1.35. The highest BCUT2D eigenvalue weighted by molar-refractivity contribution is 5.14. The lowest BCUT2D eigenvalue weighted by Gasteiger charge is -2.02. The molecule has 1 aromatic carbocycles. The van der Waals surface area contributed by atoms with Gasteiger partial charge in [-0.3, -0.25) is 0 Å². The van der Waals surface area contributed by atoms with Crippen LogP contribution in [0.4, 0.5) is 0 Å². The maximum absolute atomic E-state index is 10.1. The van der Waals surface area contributed by atoms with Crippen molar-refractivity contribution in [3.8, 4) is 0 Å². The SMILES string of the molecule is [O]CCCOCCCc1ccccc1. The van der Waals surface area contributed by atoms with E-state index in [-0.39, 0.29) is 6.61 Å². The smallest absolute Gasteiger partial charge is 0.0844 e. The highest BCUT2D eigenvalue weighted by Crippen LogP contribution is 2.02. The summed E-state index contributed by atoms with van der Waals surface area (Å²) < 4.78 is 5.30. The van der Waals surface area contributed by atoms with Gasteiger partial charge in [0, 0.05) is 13.2 Å². The van der Waals surface area contributed by atoms with Crippen molar-refractivity contribution in [1.29, 1.82) is 0 Å². The molecule has 0 heterocycles. The maximum atomic E-state index is 10.1. The molecule has 14 heavy (non-hydrogen) atoms. The summed E-state index contributed by atoms with van der Waals surface area (Å²) in [6.07, 6.45) is 2.71. The minimum Gasteiger partial charge on any atom is -0.381 e. The Labute approximate surface area is 85.5 Å². The van der Waals surface area contributed by atoms with Crippen molar-refractivity contribution >= 4 is 0 Å². The third-order valence-corrected chi connectivity index (χ3v) is 2.03. The van der Waals surface area contributed by atoms with Crippen LogP contribution in [0.25, 0.3) is 0 Å². The molecule has 0 bridgehead atoms. The molecule has 77 valence electrons. The van der Waals surface area contributed by atoms with Gasteiger partial charge in [-0.05, 0) is 24.8 Å². The van der Waals surface area contributed by atoms with E-state index in [4.69, 9.17) is 4.74 Å². The molecule has 0 fully saturated rings. The molecule has 1 rings (SSSR count). The topological polar surface area (TPSA) is 29.1 Å². The van der Waals surface area contributed by atoms with Crippen LogP contribution < -0.4 is 0 Å². The van der Waals surface area contributed by atoms with Crippen LogP contribution in [0.1, 0.15) is 18.4 Å². The van der Waals surface area contributed by atoms with Gasteiger partial charge in [-0.15, -0.1) is 0 Å². The zero-order valence-electron chi connectivity index (χ0n) is 8.45. The standard InChI is InChI=1S/C12H17O2/c13-9-5-11-14-10-4-8-12-6-2-1-3-7-12/h1-3,6-7H,4-5,8-11H2. The fourth-order valence-corrected chi connectivity index (χ4v) is 1.29. The fraction of sp³-hybridized carbons (Fsp3) is 0.500. The lowest BCUT2D eigenvalue weighted by atomic mass is 10.1. The summed E-state index contributed by atoms with van der Waals surface area (Å²) in [6.45, 7) is 1.34. The quantitative estimate of drug-likeness (QED) is 0.611. The molecule has 2 heteroatoms. The van der Waals surface area contributed by atoms with E-state index < -0.39 is 0 Å². The summed E-state index contributed by atoms with van der Waals surface area (Å²) in [5.74, 6) is 0. The van der Waals surface area contributed by atoms with Gasteiger partial charge >= 0.3 is 0 Å². The average molecular weight is 193 g/mol. The molecule has 0 spiro atoms. The van der Waals surface area contributed by atoms with Crippen molar-refractivity contribution in [2.75, 3.05) is 19.8 Å². The van der Waals surface area contributed by atoms with Crippen LogP contribution in [0, 0.1) is 0 Å². The highest BCUT2D eigenvalue weighted by Gasteiger charge is 1.92. The number of ether oxygens (including phenoxy) is 1. The molecule has 0 aliphatic rings. The first-order valence-electron chi connectivity index (χ1n) is 5.13. The lowest BCUT2D eigenvalue weighted by Crippen LogP contribution is -1.99. The molecule has 0 saturated heterocycles. The second-order valence-electron chi connectivity index (χ2n) is 3.26. The third kappa shape index (κ3) is 5.00. The predicted molar refractivity (Wildman–Crippen MR) is 55.8 cm³/mol. The minimum atomic E-state index is -0.0291. The average Bonchev–Trinajstić information content (AvgIpc) is 2.25. The van der Waals surface area contributed by atoms with E-state index >= 15 is 0 Å². The summed E-state index contributed by atoms with van der Waals surface area (Å²) in [4.78, 5) is 0. The van der Waals surface area contributed by atoms with Crippen molar-refractivity contribution in [1.82, 2.24) is 0 Å². The highest BCUT2D eigenvalue weighted by atomic mass is 16.5. The summed E-state index contributed by atoms with van der Waals surface area (Å²) in [6, 6.07) is 10.4. The van der Waals surface area contributed by atoms with Gasteiger partial charge < -0.3 is 4.74 Å². The Morgan fingerprint density at radius 3 is 2.43 bits per heavy atom. The molecule has 0 aromatic heterocycles. The first-order valence-corrected chi connectivity index (χ1v) is 5.13. The van der Waals surface area contributed by atoms with Gasteiger partial charge in [0.1, 0.15) is 0 Å². The normalized spacial score (nSPS) is 10.4. The first-order chi connectivity index (χ1) is 6.93. The monoisotopic (exact) mass is 193 g/mol. The van der Waals surface area contributed by atoms with Crippen molar-refractivity contribution in [3.63, 3.8) is 0 Å². The van der Waals surface area contributed by atoms with E-state index in [0.29, 0.717) is 13.0 Å². The zero-order valence-corrected chi connectivity index (χ0v) is 8.45. The van der Waals surface area contributed by atoms with Gasteiger partial charge in [0.25, 0.3) is 0 Å². The van der Waals surface area contributed by atoms with Gasteiger partial charge in [-0.25, -0.2) is 5.11 Å². The molecule has 0 unspecified atom stereocenters. The van der Waals surface area contributed by atoms with E-state index in [1.807, 2.05) is 18.2 Å². The number of aryl methyl sites for hydroxylation is 1. The maximum Gasteiger partial charge on any atom is 0.0844 e. The molecule has 0 aliphatic carbocycles. The Morgan fingerprint density at radius 1 is 1.00 bits per heavy atom. The Kier molecular flexibility index (Phi) is 6.04. The van der Waals surface area contributed by atoms with Gasteiger partial charge in [0.2, 0.25) is 0 Å². The Bertz CT molecular complexity index is 221. The minimum absolute atomic E-state index is 0.0291. The van der Waals surface area contributed by atoms with E-state index in [9.17, 15) is 5.11 Å². The molecular formula is C12H17O2. The molecule has 0 saturated carbocycles. The second-order valence-corrected chi connectivity index (χ2v) is 3.26. The molecule has 0 amide bonds. The predicted octanol–water partition coefficient (Wildman–Crippen LogP) is 2.46. The fourth-order valence-electron chi connectivity index (χ4n) is 1.29. The van der Waals surface area contributed by atoms with Crippen LogP contribution in [-0.4, -0.2) is 19.8 Å². The summed E-state index contributed by atoms with van der Waals surface area (Å²) in [7, 11) is 0. The first kappa shape index (κ1) is 11.2. The number of benzene rings is 1. The van der Waals surface area contributed by atoms with Crippen LogP contribution in [-0.2, 0) is 16.3 Å². The second kappa shape index (κ2) is 7.54. The lowest BCUT2D eigenvalue weighted by molar-refractivity contribution is 0.0976. The van der Waals surface area contributed by atoms with Crippen LogP contribution in [0.15, 0.2) is 30.3 Å². The van der Waals surface area contributed by atoms with E-state index in [2.05, 4.69) is 12.1 Å². The van der Waals surface area contributed by atoms with Crippen molar-refractivity contribution in [2.45, 2.75) is 19.3 Å². The third-order valence-electron chi connectivity index (χ3n) is 2.03. The van der Waals surface area contributed by atoms with E-state index in [1.54, 1.807) is 0 Å². The van der Waals surface area contributed by atoms with Gasteiger partial charge in [-0.2, -0.15) is 0 Å². The molecule has 2 nitrogen and oxygen atoms in total. The van der Waals surface area contributed by atoms with Crippen molar-refractivity contribution in [3.05, 3.63) is 35.9 Å². The van der Waals surface area contributed by atoms with Crippen LogP contribution >= 0.6 is 0 Å². The molecule has 0 N–H and O–H groups in total. The van der Waals surface area contributed by atoms with Gasteiger partial charge in [-0.1, -0.05) is 30.3 Å². The van der Waals surface area contributed by atoms with Crippen LogP contribution in [0.2, 0.25) is 0 Å². The van der Waals surface area contributed by atoms with Crippen LogP contribution in [0.3, 0.4) is 0 Å². The largest absolute Gasteiger partial charge is 0.381 e. The summed E-state index contributed by atoms with van der Waals surface area (Å²) in [5, 5.41) is 10.1. The summed E-state index contributed by atoms with van der Waals surface area (Å²) >= 11 is 0. The molecular weight excluding hydrogens is 176 g/mol. The van der Waals surface area contributed by atoms with E-state index in [0.717, 1.165) is 19.4 Å². The molecule has 0 aliphatic heterocycles. The number of rotatable bonds is 7. The van der Waals surface area contributed by atoms with Gasteiger partial charge in [0.15, 0.2) is 0 Å².